The Balaban J connectivity index is 2.23. The number of hydrogen-bond acceptors (Lipinski definition) is 5. The monoisotopic (exact) mass is 337 g/mol. The second kappa shape index (κ2) is 5.39. The van der Waals surface area contributed by atoms with Crippen LogP contribution in [-0.4, -0.2) is 26.3 Å². The van der Waals surface area contributed by atoms with E-state index >= 15 is 0 Å². The molecule has 0 atom stereocenters. The van der Waals surface area contributed by atoms with E-state index in [1.165, 1.54) is 20.3 Å². The Bertz CT molecular complexity index is 902. The number of carbonyl (C=O) groups excluding carboxylic acids is 2. The number of primary amides is 1. The normalized spacial score (nSPS) is 11.0. The number of thiazole rings is 1. The van der Waals surface area contributed by atoms with Crippen molar-refractivity contribution < 1.29 is 19.1 Å². The Morgan fingerprint density at radius 3 is 2.86 bits per heavy atom. The van der Waals surface area contributed by atoms with Gasteiger partial charge in [-0.1, -0.05) is 17.7 Å². The van der Waals surface area contributed by atoms with E-state index in [4.69, 9.17) is 17.3 Å². The Kier molecular flexibility index (Phi) is 3.55. The van der Waals surface area contributed by atoms with Crippen LogP contribution in [0.1, 0.15) is 15.4 Å². The summed E-state index contributed by atoms with van der Waals surface area (Å²) in [5.74, 6) is -2.44. The van der Waals surface area contributed by atoms with Gasteiger partial charge in [0.2, 0.25) is 0 Å². The lowest BCUT2D eigenvalue weighted by Crippen LogP contribution is -2.26. The summed E-state index contributed by atoms with van der Waals surface area (Å²) < 4.78 is 3.27. The molecule has 22 heavy (non-hydrogen) atoms. The van der Waals surface area contributed by atoms with E-state index in [1.807, 2.05) is 0 Å². The van der Waals surface area contributed by atoms with Crippen LogP contribution >= 0.6 is 22.9 Å². The number of nitrogens with zero attached hydrogens (tertiary/aromatic N) is 3. The quantitative estimate of drug-likeness (QED) is 0.417. The van der Waals surface area contributed by atoms with Crippen LogP contribution in [0.15, 0.2) is 30.6 Å². The van der Waals surface area contributed by atoms with Gasteiger partial charge in [0.1, 0.15) is 6.54 Å². The highest BCUT2D eigenvalue weighted by Gasteiger charge is 2.33. The predicted octanol–water partition coefficient (Wildman–Crippen LogP) is 0.759. The number of amides is 1. The highest BCUT2D eigenvalue weighted by molar-refractivity contribution is 7.15. The van der Waals surface area contributed by atoms with Crippen molar-refractivity contribution in [1.29, 1.82) is 0 Å². The zero-order valence-corrected chi connectivity index (χ0v) is 12.6. The van der Waals surface area contributed by atoms with Crippen molar-refractivity contribution in [3.05, 3.63) is 45.6 Å². The molecule has 0 spiro atoms. The van der Waals surface area contributed by atoms with Crippen molar-refractivity contribution in [3.8, 4) is 5.88 Å². The van der Waals surface area contributed by atoms with Crippen molar-refractivity contribution >= 4 is 40.3 Å². The van der Waals surface area contributed by atoms with Crippen LogP contribution in [0.5, 0.6) is 5.88 Å². The molecule has 0 bridgehead atoms. The van der Waals surface area contributed by atoms with E-state index in [0.717, 1.165) is 4.88 Å². The Morgan fingerprint density at radius 2 is 2.23 bits per heavy atom. The summed E-state index contributed by atoms with van der Waals surface area (Å²) in [5.41, 5.74) is 5.44. The summed E-state index contributed by atoms with van der Waals surface area (Å²) in [4.78, 5) is 28.0. The molecule has 112 valence electrons. The molecule has 0 aliphatic rings. The number of nitrogens with two attached hydrogens (primary N) is 1. The number of hydrogen-bond donors (Lipinski definition) is 2. The number of imidazole rings is 1. The van der Waals surface area contributed by atoms with Gasteiger partial charge in [-0.2, -0.15) is 4.40 Å². The first-order valence-corrected chi connectivity index (χ1v) is 7.34. The molecule has 0 aromatic carbocycles. The SMILES string of the molecule is NC(=O)C(=O)c1c(O)[n+]2ccccc2n1Cc1cnc(Cl)s1. The summed E-state index contributed by atoms with van der Waals surface area (Å²) in [5, 5.41) is 10.2. The fraction of sp³-hybridized carbons (Fsp3) is 0.0769. The minimum absolute atomic E-state index is 0.164. The van der Waals surface area contributed by atoms with Crippen LogP contribution in [0.3, 0.4) is 0 Å². The maximum atomic E-state index is 12.0. The smallest absolute Gasteiger partial charge is 0.339 e. The van der Waals surface area contributed by atoms with E-state index in [1.54, 1.807) is 30.6 Å². The van der Waals surface area contributed by atoms with E-state index in [-0.39, 0.29) is 18.1 Å². The van der Waals surface area contributed by atoms with Gasteiger partial charge in [-0.15, -0.1) is 11.3 Å². The van der Waals surface area contributed by atoms with Gasteiger partial charge in [0.15, 0.2) is 4.47 Å². The third kappa shape index (κ3) is 2.32. The van der Waals surface area contributed by atoms with Gasteiger partial charge < -0.3 is 10.8 Å². The minimum atomic E-state index is -1.14. The molecule has 0 aliphatic heterocycles. The van der Waals surface area contributed by atoms with Gasteiger partial charge in [0.25, 0.3) is 23.0 Å². The molecular formula is C13H10ClN4O3S+. The fourth-order valence-electron chi connectivity index (χ4n) is 2.20. The molecule has 3 aromatic heterocycles. The molecular weight excluding hydrogens is 328 g/mol. The van der Waals surface area contributed by atoms with Crippen molar-refractivity contribution in [2.45, 2.75) is 6.54 Å². The van der Waals surface area contributed by atoms with E-state index in [2.05, 4.69) is 4.98 Å². The maximum absolute atomic E-state index is 12.0. The molecule has 7 nitrogen and oxygen atoms in total. The molecule has 3 N–H and O–H groups in total. The predicted molar refractivity (Wildman–Crippen MR) is 79.0 cm³/mol. The summed E-state index contributed by atoms with van der Waals surface area (Å²) in [6, 6.07) is 5.16. The van der Waals surface area contributed by atoms with Crippen LogP contribution < -0.4 is 10.1 Å². The number of halogens is 1. The van der Waals surface area contributed by atoms with Crippen molar-refractivity contribution in [1.82, 2.24) is 9.55 Å². The molecule has 1 amide bonds. The number of Topliss-reactive ketones (excluding diaryl/α,β-unsaturated/α-hetero) is 1. The topological polar surface area (TPSA) is 102 Å². The Labute approximate surface area is 133 Å². The fourth-order valence-corrected chi connectivity index (χ4v) is 3.16. The Hall–Kier alpha value is -2.45. The van der Waals surface area contributed by atoms with E-state index in [0.29, 0.717) is 10.1 Å². The second-order valence-electron chi connectivity index (χ2n) is 4.46. The van der Waals surface area contributed by atoms with Crippen molar-refractivity contribution in [2.75, 3.05) is 0 Å². The maximum Gasteiger partial charge on any atom is 0.339 e. The van der Waals surface area contributed by atoms with Crippen LogP contribution in [0.2, 0.25) is 4.47 Å². The van der Waals surface area contributed by atoms with Gasteiger partial charge in [0.05, 0.1) is 11.1 Å². The average Bonchev–Trinajstić information content (AvgIpc) is 3.02. The first-order valence-electron chi connectivity index (χ1n) is 6.15. The summed E-state index contributed by atoms with van der Waals surface area (Å²) >= 11 is 7.05. The van der Waals surface area contributed by atoms with E-state index in [9.17, 15) is 14.7 Å². The molecule has 0 saturated heterocycles. The van der Waals surface area contributed by atoms with Crippen LogP contribution in [0, 0.1) is 0 Å². The van der Waals surface area contributed by atoms with Gasteiger partial charge in [-0.3, -0.25) is 9.59 Å². The standard InChI is InChI=1S/C13H9ClN4O3S/c14-13-16-5-7(22-13)6-18-8-3-1-2-4-17(8)12(21)9(18)10(19)11(15)20/h1-5H,6H2,(H2-,15,19,20,21)/p+1. The van der Waals surface area contributed by atoms with Crippen LogP contribution in [0.4, 0.5) is 0 Å². The third-order valence-electron chi connectivity index (χ3n) is 3.10. The molecule has 3 aromatic rings. The number of pyridine rings is 1. The Morgan fingerprint density at radius 1 is 1.45 bits per heavy atom. The molecule has 9 heteroatoms. The van der Waals surface area contributed by atoms with Gasteiger partial charge in [0, 0.05) is 12.3 Å². The second-order valence-corrected chi connectivity index (χ2v) is 6.16. The largest absolute Gasteiger partial charge is 0.474 e. The molecule has 0 unspecified atom stereocenters. The summed E-state index contributed by atoms with van der Waals surface area (Å²) in [6.45, 7) is 0.229. The molecule has 3 rings (SSSR count). The number of carbonyl (C=O) groups is 2. The lowest BCUT2D eigenvalue weighted by molar-refractivity contribution is -0.521. The number of fused-ring (bicyclic) bond motifs is 1. The molecule has 3 heterocycles. The molecule has 0 radical (unpaired) electrons. The first kappa shape index (κ1) is 14.5. The molecule has 0 saturated carbocycles. The zero-order valence-electron chi connectivity index (χ0n) is 11.1. The highest BCUT2D eigenvalue weighted by Crippen LogP contribution is 2.23. The van der Waals surface area contributed by atoms with Crippen LogP contribution in [0.25, 0.3) is 5.65 Å². The van der Waals surface area contributed by atoms with Gasteiger partial charge >= 0.3 is 5.88 Å². The van der Waals surface area contributed by atoms with Gasteiger partial charge in [-0.25, -0.2) is 9.55 Å². The van der Waals surface area contributed by atoms with Gasteiger partial charge in [-0.05, 0) is 6.07 Å². The number of aromatic hydroxyl groups is 1. The summed E-state index contributed by atoms with van der Waals surface area (Å²) in [6.07, 6.45) is 3.15. The highest BCUT2D eigenvalue weighted by atomic mass is 35.5. The minimum Gasteiger partial charge on any atom is -0.474 e. The number of ketones is 1. The average molecular weight is 338 g/mol. The number of aromatic nitrogens is 3. The van der Waals surface area contributed by atoms with Crippen LogP contribution in [-0.2, 0) is 11.3 Å². The molecule has 0 aliphatic carbocycles. The third-order valence-corrected chi connectivity index (χ3v) is 4.20. The lowest BCUT2D eigenvalue weighted by Gasteiger charge is -1.98. The molecule has 0 fully saturated rings. The lowest BCUT2D eigenvalue weighted by atomic mass is 10.2. The number of rotatable bonds is 4. The first-order chi connectivity index (χ1) is 10.5. The van der Waals surface area contributed by atoms with Crippen molar-refractivity contribution in [2.24, 2.45) is 5.73 Å². The van der Waals surface area contributed by atoms with E-state index < -0.39 is 11.7 Å². The zero-order chi connectivity index (χ0) is 15.9. The summed E-state index contributed by atoms with van der Waals surface area (Å²) in [7, 11) is 0. The van der Waals surface area contributed by atoms with Crippen molar-refractivity contribution in [3.63, 3.8) is 0 Å².